The van der Waals surface area contributed by atoms with E-state index in [2.05, 4.69) is 5.32 Å². The van der Waals surface area contributed by atoms with Crippen molar-refractivity contribution >= 4 is 26.5 Å². The van der Waals surface area contributed by atoms with Crippen molar-refractivity contribution in [2.75, 3.05) is 18.6 Å². The van der Waals surface area contributed by atoms with E-state index >= 15 is 0 Å². The van der Waals surface area contributed by atoms with Gasteiger partial charge in [-0.3, -0.25) is 4.79 Å². The van der Waals surface area contributed by atoms with Crippen LogP contribution in [-0.2, 0) is 9.84 Å². The fraction of sp³-hybridized carbons (Fsp3) is 0.214. The predicted molar refractivity (Wildman–Crippen MR) is 76.0 cm³/mol. The summed E-state index contributed by atoms with van der Waals surface area (Å²) in [6.07, 6.45) is 1.10. The van der Waals surface area contributed by atoms with Crippen LogP contribution < -0.4 is 5.32 Å². The molecule has 0 saturated heterocycles. The second-order valence-electron chi connectivity index (χ2n) is 4.53. The maximum atomic E-state index is 13.6. The lowest BCUT2D eigenvalue weighted by molar-refractivity contribution is 0.0958. The molecule has 20 heavy (non-hydrogen) atoms. The zero-order valence-corrected chi connectivity index (χ0v) is 11.7. The van der Waals surface area contributed by atoms with Crippen molar-refractivity contribution in [3.8, 4) is 0 Å². The monoisotopic (exact) mass is 295 g/mol. The van der Waals surface area contributed by atoms with Crippen molar-refractivity contribution in [3.63, 3.8) is 0 Å². The third-order valence-corrected chi connectivity index (χ3v) is 3.82. The van der Waals surface area contributed by atoms with Crippen LogP contribution in [0.15, 0.2) is 36.4 Å². The van der Waals surface area contributed by atoms with Gasteiger partial charge in [-0.25, -0.2) is 12.8 Å². The zero-order valence-electron chi connectivity index (χ0n) is 10.9. The van der Waals surface area contributed by atoms with Crippen LogP contribution in [0.3, 0.4) is 0 Å². The number of halogens is 1. The minimum absolute atomic E-state index is 0.0311. The topological polar surface area (TPSA) is 63.2 Å². The van der Waals surface area contributed by atoms with Gasteiger partial charge in [0, 0.05) is 23.8 Å². The Bertz CT molecular complexity index is 756. The summed E-state index contributed by atoms with van der Waals surface area (Å²) in [7, 11) is -3.13. The summed E-state index contributed by atoms with van der Waals surface area (Å²) >= 11 is 0. The van der Waals surface area contributed by atoms with Gasteiger partial charge in [0.05, 0.1) is 5.75 Å². The van der Waals surface area contributed by atoms with Crippen LogP contribution >= 0.6 is 0 Å². The van der Waals surface area contributed by atoms with Gasteiger partial charge in [-0.05, 0) is 17.5 Å². The number of benzene rings is 2. The van der Waals surface area contributed by atoms with Gasteiger partial charge in [-0.2, -0.15) is 0 Å². The number of amides is 1. The van der Waals surface area contributed by atoms with Crippen molar-refractivity contribution in [1.29, 1.82) is 0 Å². The molecule has 0 aliphatic carbocycles. The Labute approximate surface area is 116 Å². The van der Waals surface area contributed by atoms with E-state index in [0.29, 0.717) is 16.3 Å². The molecule has 0 spiro atoms. The van der Waals surface area contributed by atoms with Crippen molar-refractivity contribution in [3.05, 3.63) is 47.8 Å². The van der Waals surface area contributed by atoms with Gasteiger partial charge >= 0.3 is 0 Å². The predicted octanol–water partition coefficient (Wildman–Crippen LogP) is 1.75. The van der Waals surface area contributed by atoms with Crippen LogP contribution in [0.2, 0.25) is 0 Å². The highest BCUT2D eigenvalue weighted by Gasteiger charge is 2.12. The smallest absolute Gasteiger partial charge is 0.251 e. The molecule has 0 unspecified atom stereocenters. The molecule has 2 aromatic carbocycles. The third-order valence-electron chi connectivity index (χ3n) is 2.87. The van der Waals surface area contributed by atoms with Gasteiger partial charge < -0.3 is 5.32 Å². The summed E-state index contributed by atoms with van der Waals surface area (Å²) in [5.41, 5.74) is 0.329. The van der Waals surface area contributed by atoms with Crippen LogP contribution in [0.4, 0.5) is 4.39 Å². The molecule has 0 fully saturated rings. The summed E-state index contributed by atoms with van der Waals surface area (Å²) in [5, 5.41) is 3.39. The Balaban J connectivity index is 2.25. The molecule has 1 N–H and O–H groups in total. The quantitative estimate of drug-likeness (QED) is 0.934. The fourth-order valence-corrected chi connectivity index (χ4v) is 2.38. The highest BCUT2D eigenvalue weighted by molar-refractivity contribution is 7.90. The molecule has 0 atom stereocenters. The molecule has 2 aromatic rings. The van der Waals surface area contributed by atoms with Crippen molar-refractivity contribution < 1.29 is 17.6 Å². The van der Waals surface area contributed by atoms with E-state index in [1.54, 1.807) is 24.3 Å². The Morgan fingerprint density at radius 1 is 1.15 bits per heavy atom. The molecule has 1 amide bonds. The highest BCUT2D eigenvalue weighted by atomic mass is 32.2. The number of sulfone groups is 1. The zero-order chi connectivity index (χ0) is 14.8. The molecule has 0 saturated carbocycles. The van der Waals surface area contributed by atoms with Crippen molar-refractivity contribution in [2.24, 2.45) is 0 Å². The van der Waals surface area contributed by atoms with Gasteiger partial charge in [-0.1, -0.05) is 24.3 Å². The van der Waals surface area contributed by atoms with Crippen LogP contribution in [0, 0.1) is 5.82 Å². The molecule has 4 nitrogen and oxygen atoms in total. The molecule has 0 aliphatic heterocycles. The molecule has 2 rings (SSSR count). The lowest BCUT2D eigenvalue weighted by atomic mass is 10.0. The lowest BCUT2D eigenvalue weighted by Crippen LogP contribution is -2.28. The normalized spacial score (nSPS) is 11.5. The maximum Gasteiger partial charge on any atom is 0.251 e. The average Bonchev–Trinajstić information content (AvgIpc) is 2.38. The molecule has 106 valence electrons. The van der Waals surface area contributed by atoms with E-state index in [0.717, 1.165) is 6.26 Å². The minimum Gasteiger partial charge on any atom is -0.351 e. The van der Waals surface area contributed by atoms with E-state index < -0.39 is 21.6 Å². The Kier molecular flexibility index (Phi) is 4.04. The van der Waals surface area contributed by atoms with Crippen LogP contribution in [0.25, 0.3) is 10.8 Å². The van der Waals surface area contributed by atoms with E-state index in [-0.39, 0.29) is 12.3 Å². The third kappa shape index (κ3) is 3.33. The molecule has 0 aliphatic rings. The number of fused-ring (bicyclic) bond motifs is 1. The Morgan fingerprint density at radius 3 is 2.45 bits per heavy atom. The van der Waals surface area contributed by atoms with E-state index in [1.165, 1.54) is 12.1 Å². The van der Waals surface area contributed by atoms with Crippen LogP contribution in [-0.4, -0.2) is 32.9 Å². The second-order valence-corrected chi connectivity index (χ2v) is 6.79. The standard InChI is InChI=1S/C14H14FNO3S/c1-20(18,19)9-8-16-14(17)12-6-7-13(15)11-5-3-2-4-10(11)12/h2-7H,8-9H2,1H3,(H,16,17). The van der Waals surface area contributed by atoms with E-state index in [1.807, 2.05) is 0 Å². The minimum atomic E-state index is -3.13. The number of carbonyl (C=O) groups excluding carboxylic acids is 1. The van der Waals surface area contributed by atoms with Gasteiger partial charge in [0.2, 0.25) is 0 Å². The van der Waals surface area contributed by atoms with Gasteiger partial charge in [0.25, 0.3) is 5.91 Å². The van der Waals surface area contributed by atoms with Crippen LogP contribution in [0.1, 0.15) is 10.4 Å². The molecular weight excluding hydrogens is 281 g/mol. The number of rotatable bonds is 4. The number of hydrogen-bond donors (Lipinski definition) is 1. The first kappa shape index (κ1) is 14.5. The first-order chi connectivity index (χ1) is 9.38. The number of nitrogens with one attached hydrogen (secondary N) is 1. The Morgan fingerprint density at radius 2 is 1.80 bits per heavy atom. The SMILES string of the molecule is CS(=O)(=O)CCNC(=O)c1ccc(F)c2ccccc12. The fourth-order valence-electron chi connectivity index (χ4n) is 1.91. The van der Waals surface area contributed by atoms with Crippen molar-refractivity contribution in [2.45, 2.75) is 0 Å². The van der Waals surface area contributed by atoms with E-state index in [9.17, 15) is 17.6 Å². The Hall–Kier alpha value is -1.95. The molecular formula is C14H14FNO3S. The van der Waals surface area contributed by atoms with E-state index in [4.69, 9.17) is 0 Å². The van der Waals surface area contributed by atoms with Gasteiger partial charge in [0.15, 0.2) is 0 Å². The van der Waals surface area contributed by atoms with Crippen molar-refractivity contribution in [1.82, 2.24) is 5.32 Å². The molecule has 0 radical (unpaired) electrons. The van der Waals surface area contributed by atoms with Gasteiger partial charge in [-0.15, -0.1) is 0 Å². The summed E-state index contributed by atoms with van der Waals surface area (Å²) < 4.78 is 35.6. The molecule has 0 heterocycles. The summed E-state index contributed by atoms with van der Waals surface area (Å²) in [6, 6.07) is 9.29. The number of hydrogen-bond acceptors (Lipinski definition) is 3. The summed E-state index contributed by atoms with van der Waals surface area (Å²) in [6.45, 7) is 0.0311. The second kappa shape index (κ2) is 5.58. The van der Waals surface area contributed by atoms with Gasteiger partial charge in [0.1, 0.15) is 15.7 Å². The first-order valence-corrected chi connectivity index (χ1v) is 8.08. The maximum absolute atomic E-state index is 13.6. The largest absolute Gasteiger partial charge is 0.351 e. The average molecular weight is 295 g/mol. The summed E-state index contributed by atoms with van der Waals surface area (Å²) in [4.78, 5) is 12.0. The highest BCUT2D eigenvalue weighted by Crippen LogP contribution is 2.21. The lowest BCUT2D eigenvalue weighted by Gasteiger charge is -2.08. The molecule has 0 bridgehead atoms. The summed E-state index contributed by atoms with van der Waals surface area (Å²) in [5.74, 6) is -0.934. The number of carbonyl (C=O) groups is 1. The first-order valence-electron chi connectivity index (χ1n) is 6.01. The molecule has 6 heteroatoms. The van der Waals surface area contributed by atoms with Crippen LogP contribution in [0.5, 0.6) is 0 Å². The molecule has 0 aromatic heterocycles.